The van der Waals surface area contributed by atoms with Crippen LogP contribution in [0.1, 0.15) is 52.0 Å². The molecule has 2 saturated carbocycles. The molecule has 1 unspecified atom stereocenters. The summed E-state index contributed by atoms with van der Waals surface area (Å²) in [4.78, 5) is 25.6. The summed E-state index contributed by atoms with van der Waals surface area (Å²) in [5.74, 6) is -0.413. The van der Waals surface area contributed by atoms with Crippen LogP contribution in [0.5, 0.6) is 5.75 Å². The Morgan fingerprint density at radius 1 is 1.11 bits per heavy atom. The standard InChI is InChI=1S/C30H39FN2O4/c1-19(29(36)32-17-21-9-11-22(31)12-10-21)24-13-15-30(3)16-14-25(20(2)27(30)28(24)35)33-26(34)18-37-23-7-5-4-6-8-23/h4-12,19-20,24-25,27-28,35H,13-18H2,1-3H3,(H,32,36)(H,33,34)/t19-,20+,24?,25-,27+,28-,30-/m0/s1. The molecule has 7 heteroatoms. The Balaban J connectivity index is 1.35. The predicted octanol–water partition coefficient (Wildman–Crippen LogP) is 4.47. The molecule has 2 aromatic carbocycles. The van der Waals surface area contributed by atoms with Gasteiger partial charge in [-0.3, -0.25) is 9.59 Å². The first kappa shape index (κ1) is 27.1. The van der Waals surface area contributed by atoms with Gasteiger partial charge in [0.15, 0.2) is 6.61 Å². The van der Waals surface area contributed by atoms with E-state index in [0.29, 0.717) is 12.3 Å². The molecule has 37 heavy (non-hydrogen) atoms. The van der Waals surface area contributed by atoms with Crippen LogP contribution < -0.4 is 15.4 Å². The third-order valence-corrected chi connectivity index (χ3v) is 8.78. The summed E-state index contributed by atoms with van der Waals surface area (Å²) in [5.41, 5.74) is 0.802. The Morgan fingerprint density at radius 2 is 1.78 bits per heavy atom. The molecule has 0 saturated heterocycles. The van der Waals surface area contributed by atoms with Crippen molar-refractivity contribution in [3.8, 4) is 5.75 Å². The minimum Gasteiger partial charge on any atom is -0.484 e. The van der Waals surface area contributed by atoms with Gasteiger partial charge in [0.2, 0.25) is 5.91 Å². The van der Waals surface area contributed by atoms with Gasteiger partial charge in [-0.05, 0) is 78.7 Å². The predicted molar refractivity (Wildman–Crippen MR) is 140 cm³/mol. The Bertz CT molecular complexity index is 1060. The molecule has 2 fully saturated rings. The molecule has 2 amide bonds. The van der Waals surface area contributed by atoms with E-state index in [1.54, 1.807) is 12.1 Å². The fourth-order valence-electron chi connectivity index (χ4n) is 6.56. The van der Waals surface area contributed by atoms with Crippen LogP contribution in [-0.2, 0) is 16.1 Å². The highest BCUT2D eigenvalue weighted by atomic mass is 19.1. The molecule has 2 aliphatic rings. The van der Waals surface area contributed by atoms with E-state index >= 15 is 0 Å². The number of ether oxygens (including phenoxy) is 1. The average molecular weight is 511 g/mol. The highest BCUT2D eigenvalue weighted by Crippen LogP contribution is 2.55. The number of carbonyl (C=O) groups excluding carboxylic acids is 2. The number of nitrogens with one attached hydrogen (secondary N) is 2. The second-order valence-electron chi connectivity index (χ2n) is 11.2. The Kier molecular flexibility index (Phi) is 8.53. The maximum atomic E-state index is 13.2. The van der Waals surface area contributed by atoms with Crippen LogP contribution >= 0.6 is 0 Å². The van der Waals surface area contributed by atoms with Crippen molar-refractivity contribution in [1.82, 2.24) is 10.6 Å². The lowest BCUT2D eigenvalue weighted by Crippen LogP contribution is -2.58. The third kappa shape index (κ3) is 6.32. The van der Waals surface area contributed by atoms with Gasteiger partial charge >= 0.3 is 0 Å². The summed E-state index contributed by atoms with van der Waals surface area (Å²) in [6.45, 7) is 6.50. The van der Waals surface area contributed by atoms with Gasteiger partial charge in [-0.1, -0.05) is 51.1 Å². The zero-order valence-corrected chi connectivity index (χ0v) is 22.0. The number of hydrogen-bond donors (Lipinski definition) is 3. The first-order chi connectivity index (χ1) is 17.7. The van der Waals surface area contributed by atoms with E-state index < -0.39 is 6.10 Å². The van der Waals surface area contributed by atoms with E-state index in [4.69, 9.17) is 4.74 Å². The summed E-state index contributed by atoms with van der Waals surface area (Å²) in [6.07, 6.45) is 2.86. The number of aliphatic hydroxyl groups is 1. The van der Waals surface area contributed by atoms with Gasteiger partial charge in [-0.15, -0.1) is 0 Å². The van der Waals surface area contributed by atoms with Crippen molar-refractivity contribution < 1.29 is 23.8 Å². The van der Waals surface area contributed by atoms with Crippen molar-refractivity contribution in [2.45, 2.75) is 65.1 Å². The minimum absolute atomic E-state index is 0.0207. The fourth-order valence-corrected chi connectivity index (χ4v) is 6.56. The van der Waals surface area contributed by atoms with Crippen LogP contribution in [0.15, 0.2) is 54.6 Å². The van der Waals surface area contributed by atoms with Crippen molar-refractivity contribution in [3.05, 3.63) is 66.0 Å². The Morgan fingerprint density at radius 3 is 2.49 bits per heavy atom. The third-order valence-electron chi connectivity index (χ3n) is 8.78. The van der Waals surface area contributed by atoms with Crippen LogP contribution in [0.4, 0.5) is 4.39 Å². The summed E-state index contributed by atoms with van der Waals surface area (Å²) in [5, 5.41) is 17.7. The van der Waals surface area contributed by atoms with Gasteiger partial charge in [0.25, 0.3) is 5.91 Å². The molecule has 6 nitrogen and oxygen atoms in total. The molecule has 200 valence electrons. The number of rotatable bonds is 8. The SMILES string of the molecule is C[C@H]1[C@@H]2[C@@H](O)C([C@H](C)C(=O)NCc3ccc(F)cc3)CC[C@@]2(C)CC[C@@H]1NC(=O)COc1ccccc1. The number of hydrogen-bond acceptors (Lipinski definition) is 4. The maximum Gasteiger partial charge on any atom is 0.258 e. The minimum atomic E-state index is -0.638. The normalized spacial score (nSPS) is 30.0. The molecule has 0 spiro atoms. The molecule has 0 radical (unpaired) electrons. The number of aliphatic hydroxyl groups excluding tert-OH is 1. The molecule has 0 bridgehead atoms. The second kappa shape index (κ2) is 11.6. The largest absolute Gasteiger partial charge is 0.484 e. The van der Waals surface area contributed by atoms with E-state index in [9.17, 15) is 19.1 Å². The molecule has 4 rings (SSSR count). The lowest BCUT2D eigenvalue weighted by Gasteiger charge is -2.56. The fraction of sp³-hybridized carbons (Fsp3) is 0.533. The molecule has 2 aliphatic carbocycles. The highest BCUT2D eigenvalue weighted by molar-refractivity contribution is 5.79. The van der Waals surface area contributed by atoms with Crippen LogP contribution in [-0.4, -0.2) is 35.7 Å². The monoisotopic (exact) mass is 510 g/mol. The van der Waals surface area contributed by atoms with Gasteiger partial charge in [0.1, 0.15) is 11.6 Å². The van der Waals surface area contributed by atoms with Crippen molar-refractivity contribution in [2.75, 3.05) is 6.61 Å². The number of halogens is 1. The topological polar surface area (TPSA) is 87.7 Å². The lowest BCUT2D eigenvalue weighted by molar-refractivity contribution is -0.144. The number of benzene rings is 2. The maximum absolute atomic E-state index is 13.2. The summed E-state index contributed by atoms with van der Waals surface area (Å²) >= 11 is 0. The van der Waals surface area contributed by atoms with Gasteiger partial charge in [0.05, 0.1) is 6.10 Å². The number of para-hydroxylation sites is 1. The molecule has 7 atom stereocenters. The molecular weight excluding hydrogens is 471 g/mol. The van der Waals surface area contributed by atoms with Crippen LogP contribution in [0.3, 0.4) is 0 Å². The van der Waals surface area contributed by atoms with Gasteiger partial charge in [0, 0.05) is 18.5 Å². The van der Waals surface area contributed by atoms with Crippen molar-refractivity contribution >= 4 is 11.8 Å². The lowest BCUT2D eigenvalue weighted by atomic mass is 9.51. The Hall–Kier alpha value is -2.93. The van der Waals surface area contributed by atoms with E-state index in [2.05, 4.69) is 24.5 Å². The van der Waals surface area contributed by atoms with Crippen molar-refractivity contribution in [1.29, 1.82) is 0 Å². The first-order valence-corrected chi connectivity index (χ1v) is 13.4. The van der Waals surface area contributed by atoms with Crippen LogP contribution in [0.2, 0.25) is 0 Å². The molecule has 2 aromatic rings. The number of amides is 2. The molecule has 0 heterocycles. The van der Waals surface area contributed by atoms with Crippen molar-refractivity contribution in [3.63, 3.8) is 0 Å². The average Bonchev–Trinajstić information content (AvgIpc) is 2.89. The van der Waals surface area contributed by atoms with Crippen molar-refractivity contribution in [2.24, 2.45) is 29.1 Å². The number of fused-ring (bicyclic) bond motifs is 1. The highest BCUT2D eigenvalue weighted by Gasteiger charge is 2.53. The van der Waals surface area contributed by atoms with E-state index in [0.717, 1.165) is 31.2 Å². The molecular formula is C30H39FN2O4. The smallest absolute Gasteiger partial charge is 0.258 e. The Labute approximate surface area is 219 Å². The zero-order valence-electron chi connectivity index (χ0n) is 22.0. The van der Waals surface area contributed by atoms with E-state index in [1.807, 2.05) is 37.3 Å². The quantitative estimate of drug-likeness (QED) is 0.489. The first-order valence-electron chi connectivity index (χ1n) is 13.4. The van der Waals surface area contributed by atoms with Gasteiger partial charge in [-0.2, -0.15) is 0 Å². The zero-order chi connectivity index (χ0) is 26.6. The number of carbonyl (C=O) groups is 2. The van der Waals surface area contributed by atoms with E-state index in [-0.39, 0.29) is 59.4 Å². The molecule has 0 aliphatic heterocycles. The summed E-state index contributed by atoms with van der Waals surface area (Å²) < 4.78 is 18.8. The summed E-state index contributed by atoms with van der Waals surface area (Å²) in [7, 11) is 0. The molecule has 3 N–H and O–H groups in total. The van der Waals surface area contributed by atoms with Gasteiger partial charge < -0.3 is 20.5 Å². The second-order valence-corrected chi connectivity index (χ2v) is 11.2. The van der Waals surface area contributed by atoms with Gasteiger partial charge in [-0.25, -0.2) is 4.39 Å². The summed E-state index contributed by atoms with van der Waals surface area (Å²) in [6, 6.07) is 15.3. The van der Waals surface area contributed by atoms with Crippen LogP contribution in [0, 0.1) is 34.9 Å². The van der Waals surface area contributed by atoms with E-state index in [1.165, 1.54) is 12.1 Å². The van der Waals surface area contributed by atoms with Crippen LogP contribution in [0.25, 0.3) is 0 Å². The molecule has 0 aromatic heterocycles.